The summed E-state index contributed by atoms with van der Waals surface area (Å²) in [6.45, 7) is 0.283. The minimum atomic E-state index is -0.433. The maximum absolute atomic E-state index is 11.7. The van der Waals surface area contributed by atoms with Crippen LogP contribution in [-0.2, 0) is 4.74 Å². The van der Waals surface area contributed by atoms with Gasteiger partial charge in [-0.15, -0.1) is 11.3 Å². The number of aliphatic hydroxyl groups is 1. The van der Waals surface area contributed by atoms with Crippen LogP contribution >= 0.6 is 11.3 Å². The summed E-state index contributed by atoms with van der Waals surface area (Å²) in [5.41, 5.74) is 7.54. The second-order valence-electron chi connectivity index (χ2n) is 5.85. The zero-order chi connectivity index (χ0) is 15.7. The van der Waals surface area contributed by atoms with E-state index in [1.807, 2.05) is 6.07 Å². The number of thiazole rings is 1. The summed E-state index contributed by atoms with van der Waals surface area (Å²) in [5, 5.41) is 10.3. The van der Waals surface area contributed by atoms with E-state index in [1.54, 1.807) is 17.4 Å². The Morgan fingerprint density at radius 1 is 1.41 bits per heavy atom. The van der Waals surface area contributed by atoms with E-state index in [4.69, 9.17) is 15.5 Å². The number of esters is 1. The van der Waals surface area contributed by atoms with Crippen LogP contribution in [0.4, 0.5) is 5.69 Å². The van der Waals surface area contributed by atoms with Gasteiger partial charge in [0.05, 0.1) is 27.9 Å². The molecule has 1 aliphatic rings. The van der Waals surface area contributed by atoms with Gasteiger partial charge in [-0.3, -0.25) is 0 Å². The van der Waals surface area contributed by atoms with Gasteiger partial charge in [0, 0.05) is 18.2 Å². The lowest BCUT2D eigenvalue weighted by Gasteiger charge is -2.25. The number of hydrogen-bond donors (Lipinski definition) is 2. The molecule has 5 nitrogen and oxygen atoms in total. The molecule has 3 rings (SSSR count). The van der Waals surface area contributed by atoms with Gasteiger partial charge in [0.1, 0.15) is 0 Å². The number of rotatable bonds is 3. The van der Waals surface area contributed by atoms with Crippen molar-refractivity contribution in [1.29, 1.82) is 0 Å². The van der Waals surface area contributed by atoms with Crippen LogP contribution in [0.15, 0.2) is 12.1 Å². The van der Waals surface area contributed by atoms with Crippen molar-refractivity contribution in [3.8, 4) is 0 Å². The van der Waals surface area contributed by atoms with E-state index in [1.165, 1.54) is 7.11 Å². The highest BCUT2D eigenvalue weighted by Gasteiger charge is 2.24. The monoisotopic (exact) mass is 320 g/mol. The van der Waals surface area contributed by atoms with Crippen LogP contribution in [0.3, 0.4) is 0 Å². The van der Waals surface area contributed by atoms with Crippen molar-refractivity contribution in [2.75, 3.05) is 19.5 Å². The molecule has 0 atom stereocenters. The number of carbonyl (C=O) groups is 1. The number of fused-ring (bicyclic) bond motifs is 1. The Kier molecular flexibility index (Phi) is 4.31. The molecule has 0 unspecified atom stereocenters. The van der Waals surface area contributed by atoms with Crippen molar-refractivity contribution in [3.63, 3.8) is 0 Å². The first kappa shape index (κ1) is 15.2. The van der Waals surface area contributed by atoms with Gasteiger partial charge in [0.25, 0.3) is 0 Å². The molecule has 0 bridgehead atoms. The molecule has 0 amide bonds. The summed E-state index contributed by atoms with van der Waals surface area (Å²) in [4.78, 5) is 16.4. The van der Waals surface area contributed by atoms with Crippen molar-refractivity contribution in [2.45, 2.75) is 31.6 Å². The van der Waals surface area contributed by atoms with Crippen LogP contribution in [0.2, 0.25) is 0 Å². The number of methoxy groups -OCH3 is 1. The van der Waals surface area contributed by atoms with Crippen LogP contribution in [0.1, 0.15) is 47.0 Å². The number of nitrogens with two attached hydrogens (primary N) is 1. The Labute approximate surface area is 133 Å². The van der Waals surface area contributed by atoms with Crippen molar-refractivity contribution >= 4 is 33.2 Å². The normalized spacial score (nSPS) is 21.9. The molecule has 1 heterocycles. The lowest BCUT2D eigenvalue weighted by molar-refractivity contribution is 0.0602. The number of aromatic nitrogens is 1. The van der Waals surface area contributed by atoms with Crippen molar-refractivity contribution in [1.82, 2.24) is 4.98 Å². The molecule has 1 saturated carbocycles. The fourth-order valence-electron chi connectivity index (χ4n) is 3.06. The lowest BCUT2D eigenvalue weighted by Crippen LogP contribution is -2.15. The first-order valence-electron chi connectivity index (χ1n) is 7.51. The molecular formula is C16H20N2O3S. The number of aliphatic hydroxyl groups excluding tert-OH is 1. The first-order valence-corrected chi connectivity index (χ1v) is 8.33. The number of nitrogen functional groups attached to an aromatic ring is 1. The zero-order valence-electron chi connectivity index (χ0n) is 12.5. The number of hydrogen-bond acceptors (Lipinski definition) is 6. The number of anilines is 1. The van der Waals surface area contributed by atoms with Gasteiger partial charge in [0.15, 0.2) is 0 Å². The highest BCUT2D eigenvalue weighted by molar-refractivity contribution is 7.18. The molecule has 1 aromatic carbocycles. The summed E-state index contributed by atoms with van der Waals surface area (Å²) in [5.74, 6) is 0.451. The average molecular weight is 320 g/mol. The number of carbonyl (C=O) groups excluding carboxylic acids is 1. The van der Waals surface area contributed by atoms with E-state index >= 15 is 0 Å². The van der Waals surface area contributed by atoms with Crippen molar-refractivity contribution in [2.24, 2.45) is 5.92 Å². The van der Waals surface area contributed by atoms with Crippen LogP contribution < -0.4 is 5.73 Å². The number of nitrogens with zero attached hydrogens (tertiary/aromatic N) is 1. The molecule has 1 aromatic heterocycles. The van der Waals surface area contributed by atoms with Crippen LogP contribution in [-0.4, -0.2) is 29.8 Å². The minimum Gasteiger partial charge on any atom is -0.465 e. The van der Waals surface area contributed by atoms with E-state index in [0.717, 1.165) is 40.9 Å². The standard InChI is InChI=1S/C16H20N2O3S/c1-21-16(20)11-6-13-14(7-12(11)17)22-15(18-13)10-4-2-9(8-19)3-5-10/h6-7,9-10,19H,2-5,8,17H2,1H3. The van der Waals surface area contributed by atoms with E-state index in [9.17, 15) is 9.90 Å². The van der Waals surface area contributed by atoms with Crippen molar-refractivity contribution < 1.29 is 14.6 Å². The van der Waals surface area contributed by atoms with Gasteiger partial charge < -0.3 is 15.6 Å². The Morgan fingerprint density at radius 2 is 2.14 bits per heavy atom. The molecule has 2 aromatic rings. The molecule has 3 N–H and O–H groups in total. The molecule has 1 fully saturated rings. The van der Waals surface area contributed by atoms with E-state index in [2.05, 4.69) is 0 Å². The predicted molar refractivity (Wildman–Crippen MR) is 87.2 cm³/mol. The molecule has 118 valence electrons. The summed E-state index contributed by atoms with van der Waals surface area (Å²) in [6.07, 6.45) is 4.22. The summed E-state index contributed by atoms with van der Waals surface area (Å²) in [6, 6.07) is 3.53. The maximum atomic E-state index is 11.7. The minimum absolute atomic E-state index is 0.283. The fraction of sp³-hybridized carbons (Fsp3) is 0.500. The van der Waals surface area contributed by atoms with E-state index in [-0.39, 0.29) is 6.61 Å². The predicted octanol–water partition coefficient (Wildman–Crippen LogP) is 2.93. The third kappa shape index (κ3) is 2.80. The molecular weight excluding hydrogens is 300 g/mol. The average Bonchev–Trinajstić information content (AvgIpc) is 2.96. The van der Waals surface area contributed by atoms with Gasteiger partial charge in [0.2, 0.25) is 0 Å². The Morgan fingerprint density at radius 3 is 2.77 bits per heavy atom. The van der Waals surface area contributed by atoms with Gasteiger partial charge in [-0.2, -0.15) is 0 Å². The Hall–Kier alpha value is -1.66. The SMILES string of the molecule is COC(=O)c1cc2nc(C3CCC(CO)CC3)sc2cc1N. The number of benzene rings is 1. The Bertz CT molecular complexity index is 690. The van der Waals surface area contributed by atoms with Gasteiger partial charge in [-0.05, 0) is 43.7 Å². The molecule has 0 aliphatic heterocycles. The molecule has 6 heteroatoms. The van der Waals surface area contributed by atoms with E-state index in [0.29, 0.717) is 23.1 Å². The quantitative estimate of drug-likeness (QED) is 0.671. The molecule has 0 radical (unpaired) electrons. The van der Waals surface area contributed by atoms with Gasteiger partial charge in [-0.25, -0.2) is 9.78 Å². The zero-order valence-corrected chi connectivity index (χ0v) is 13.4. The summed E-state index contributed by atoms with van der Waals surface area (Å²) < 4.78 is 5.75. The molecule has 22 heavy (non-hydrogen) atoms. The molecule has 0 spiro atoms. The third-order valence-electron chi connectivity index (χ3n) is 4.44. The second-order valence-corrected chi connectivity index (χ2v) is 6.91. The van der Waals surface area contributed by atoms with Crippen LogP contribution in [0, 0.1) is 5.92 Å². The lowest BCUT2D eigenvalue weighted by atomic mass is 9.83. The molecule has 0 saturated heterocycles. The van der Waals surface area contributed by atoms with E-state index < -0.39 is 5.97 Å². The Balaban J connectivity index is 1.88. The maximum Gasteiger partial charge on any atom is 0.340 e. The van der Waals surface area contributed by atoms with Crippen LogP contribution in [0.25, 0.3) is 10.2 Å². The highest BCUT2D eigenvalue weighted by Crippen LogP contribution is 2.39. The first-order chi connectivity index (χ1) is 10.6. The second kappa shape index (κ2) is 6.22. The smallest absolute Gasteiger partial charge is 0.340 e. The highest BCUT2D eigenvalue weighted by atomic mass is 32.1. The third-order valence-corrected chi connectivity index (χ3v) is 5.62. The summed E-state index contributed by atoms with van der Waals surface area (Å²) >= 11 is 1.65. The number of ether oxygens (including phenoxy) is 1. The fourth-order valence-corrected chi connectivity index (χ4v) is 4.23. The largest absolute Gasteiger partial charge is 0.465 e. The van der Waals surface area contributed by atoms with Gasteiger partial charge >= 0.3 is 5.97 Å². The van der Waals surface area contributed by atoms with Gasteiger partial charge in [-0.1, -0.05) is 0 Å². The molecule has 1 aliphatic carbocycles. The van der Waals surface area contributed by atoms with Crippen molar-refractivity contribution in [3.05, 3.63) is 22.7 Å². The topological polar surface area (TPSA) is 85.4 Å². The summed E-state index contributed by atoms with van der Waals surface area (Å²) in [7, 11) is 1.35. The van der Waals surface area contributed by atoms with Crippen LogP contribution in [0.5, 0.6) is 0 Å².